The Morgan fingerprint density at radius 2 is 1.90 bits per heavy atom. The molecule has 0 aromatic carbocycles. The SMILES string of the molecule is Cc1ncc(-c2cc3cc(NC(=O)N4[C@@H]5CC[C@H]4C[C@H](NCCF)C5)ncc3cn2)o1. The minimum Gasteiger partial charge on any atom is -0.439 e. The number of nitrogens with one attached hydrogen (secondary N) is 2. The molecule has 0 radical (unpaired) electrons. The highest BCUT2D eigenvalue weighted by Gasteiger charge is 2.43. The van der Waals surface area contributed by atoms with Crippen LogP contribution >= 0.6 is 0 Å². The summed E-state index contributed by atoms with van der Waals surface area (Å²) >= 11 is 0. The van der Waals surface area contributed by atoms with Crippen molar-refractivity contribution >= 4 is 22.6 Å². The van der Waals surface area contributed by atoms with Crippen LogP contribution in [0, 0.1) is 6.92 Å². The number of oxazole rings is 1. The van der Waals surface area contributed by atoms with E-state index in [1.807, 2.05) is 17.0 Å². The number of carbonyl (C=O) groups excluding carboxylic acids is 1. The fraction of sp³-hybridized carbons (Fsp3) is 0.455. The van der Waals surface area contributed by atoms with Gasteiger partial charge in [0.05, 0.1) is 6.20 Å². The molecule has 162 valence electrons. The largest absolute Gasteiger partial charge is 0.439 e. The highest BCUT2D eigenvalue weighted by molar-refractivity contribution is 5.92. The third-order valence-corrected chi connectivity index (χ3v) is 6.21. The number of hydrogen-bond acceptors (Lipinski definition) is 6. The van der Waals surface area contributed by atoms with Crippen molar-refractivity contribution in [2.24, 2.45) is 0 Å². The summed E-state index contributed by atoms with van der Waals surface area (Å²) in [4.78, 5) is 27.9. The number of rotatable bonds is 5. The van der Waals surface area contributed by atoms with Crippen LogP contribution < -0.4 is 10.6 Å². The van der Waals surface area contributed by atoms with Gasteiger partial charge in [-0.05, 0) is 43.2 Å². The zero-order valence-corrected chi connectivity index (χ0v) is 17.3. The lowest BCUT2D eigenvalue weighted by molar-refractivity contribution is 0.141. The molecule has 2 N–H and O–H groups in total. The van der Waals surface area contributed by atoms with Crippen LogP contribution in [-0.2, 0) is 0 Å². The van der Waals surface area contributed by atoms with Crippen LogP contribution in [0.2, 0.25) is 0 Å². The van der Waals surface area contributed by atoms with Crippen molar-refractivity contribution in [3.63, 3.8) is 0 Å². The van der Waals surface area contributed by atoms with Crippen molar-refractivity contribution < 1.29 is 13.6 Å². The van der Waals surface area contributed by atoms with Crippen LogP contribution in [0.1, 0.15) is 31.6 Å². The third kappa shape index (κ3) is 3.97. The van der Waals surface area contributed by atoms with Crippen molar-refractivity contribution in [3.05, 3.63) is 36.6 Å². The van der Waals surface area contributed by atoms with Crippen LogP contribution in [0.5, 0.6) is 0 Å². The number of amides is 2. The van der Waals surface area contributed by atoms with E-state index in [9.17, 15) is 9.18 Å². The maximum atomic E-state index is 13.0. The van der Waals surface area contributed by atoms with Gasteiger partial charge in [0.2, 0.25) is 0 Å². The number of halogens is 1. The summed E-state index contributed by atoms with van der Waals surface area (Å²) in [5.41, 5.74) is 0.678. The molecule has 3 atom stereocenters. The number of urea groups is 1. The molecule has 0 aliphatic carbocycles. The lowest BCUT2D eigenvalue weighted by Gasteiger charge is -2.39. The molecule has 3 aromatic rings. The molecule has 0 saturated carbocycles. The second-order valence-corrected chi connectivity index (χ2v) is 8.26. The molecule has 2 aliphatic heterocycles. The van der Waals surface area contributed by atoms with Gasteiger partial charge in [-0.15, -0.1) is 0 Å². The summed E-state index contributed by atoms with van der Waals surface area (Å²) in [7, 11) is 0. The summed E-state index contributed by atoms with van der Waals surface area (Å²) in [5.74, 6) is 1.68. The lowest BCUT2D eigenvalue weighted by Crippen LogP contribution is -2.53. The van der Waals surface area contributed by atoms with Crippen LogP contribution in [0.3, 0.4) is 0 Å². The predicted octanol–water partition coefficient (Wildman–Crippen LogP) is 3.68. The van der Waals surface area contributed by atoms with Gasteiger partial charge in [-0.25, -0.2) is 19.2 Å². The predicted molar refractivity (Wildman–Crippen MR) is 114 cm³/mol. The van der Waals surface area contributed by atoms with E-state index >= 15 is 0 Å². The number of carbonyl (C=O) groups is 1. The van der Waals surface area contributed by atoms with Crippen LogP contribution in [0.15, 0.2) is 35.1 Å². The van der Waals surface area contributed by atoms with Gasteiger partial charge in [0, 0.05) is 49.4 Å². The van der Waals surface area contributed by atoms with Crippen LogP contribution in [-0.4, -0.2) is 57.2 Å². The zero-order valence-electron chi connectivity index (χ0n) is 17.3. The Balaban J connectivity index is 1.31. The van der Waals surface area contributed by atoms with Gasteiger partial charge in [0.15, 0.2) is 11.7 Å². The van der Waals surface area contributed by atoms with Gasteiger partial charge < -0.3 is 14.6 Å². The van der Waals surface area contributed by atoms with Gasteiger partial charge in [-0.3, -0.25) is 10.3 Å². The molecular weight excluding hydrogens is 399 g/mol. The van der Waals surface area contributed by atoms with Crippen LogP contribution in [0.4, 0.5) is 15.0 Å². The average Bonchev–Trinajstić information content (AvgIpc) is 3.32. The minimum atomic E-state index is -0.364. The Morgan fingerprint density at radius 3 is 2.61 bits per heavy atom. The Morgan fingerprint density at radius 1 is 1.13 bits per heavy atom. The lowest BCUT2D eigenvalue weighted by atomic mass is 9.97. The molecule has 2 aliphatic rings. The van der Waals surface area contributed by atoms with Crippen molar-refractivity contribution in [3.8, 4) is 11.5 Å². The molecule has 5 rings (SSSR count). The Bertz CT molecular complexity index is 1090. The first kappa shape index (κ1) is 19.9. The maximum absolute atomic E-state index is 13.0. The molecule has 2 saturated heterocycles. The average molecular weight is 424 g/mol. The first-order valence-corrected chi connectivity index (χ1v) is 10.7. The first-order chi connectivity index (χ1) is 15.1. The monoisotopic (exact) mass is 424 g/mol. The summed E-state index contributed by atoms with van der Waals surface area (Å²) < 4.78 is 18.0. The number of anilines is 1. The zero-order chi connectivity index (χ0) is 21.4. The number of aryl methyl sites for hydroxylation is 1. The van der Waals surface area contributed by atoms with Gasteiger partial charge >= 0.3 is 6.03 Å². The van der Waals surface area contributed by atoms with Gasteiger partial charge in [-0.2, -0.15) is 0 Å². The number of hydrogen-bond donors (Lipinski definition) is 2. The second-order valence-electron chi connectivity index (χ2n) is 8.26. The molecule has 5 heterocycles. The first-order valence-electron chi connectivity index (χ1n) is 10.7. The summed E-state index contributed by atoms with van der Waals surface area (Å²) in [6, 6.07) is 4.27. The molecule has 0 unspecified atom stereocenters. The normalized spacial score (nSPS) is 22.8. The van der Waals surface area contributed by atoms with Crippen molar-refractivity contribution in [1.82, 2.24) is 25.2 Å². The van der Waals surface area contributed by atoms with E-state index in [2.05, 4.69) is 25.6 Å². The molecular formula is C22H25FN6O2. The van der Waals surface area contributed by atoms with Gasteiger partial charge in [0.25, 0.3) is 0 Å². The van der Waals surface area contributed by atoms with E-state index in [-0.39, 0.29) is 30.8 Å². The fourth-order valence-corrected chi connectivity index (χ4v) is 4.83. The minimum absolute atomic E-state index is 0.122. The van der Waals surface area contributed by atoms with E-state index in [1.54, 1.807) is 25.5 Å². The number of pyridine rings is 2. The summed E-state index contributed by atoms with van der Waals surface area (Å²) in [6.07, 6.45) is 8.79. The Kier molecular flexibility index (Phi) is 5.27. The summed E-state index contributed by atoms with van der Waals surface area (Å²) in [6.45, 7) is 1.80. The molecule has 2 amide bonds. The number of fused-ring (bicyclic) bond motifs is 3. The maximum Gasteiger partial charge on any atom is 0.323 e. The Labute approximate surface area is 179 Å². The van der Waals surface area contributed by atoms with Gasteiger partial charge in [-0.1, -0.05) is 0 Å². The molecule has 2 fully saturated rings. The molecule has 0 spiro atoms. The highest BCUT2D eigenvalue weighted by atomic mass is 19.1. The van der Waals surface area contributed by atoms with E-state index in [4.69, 9.17) is 4.42 Å². The highest BCUT2D eigenvalue weighted by Crippen LogP contribution is 2.36. The number of aromatic nitrogens is 3. The van der Waals surface area contributed by atoms with Crippen LogP contribution in [0.25, 0.3) is 22.2 Å². The summed E-state index contributed by atoms with van der Waals surface area (Å²) in [5, 5.41) is 8.00. The quantitative estimate of drug-likeness (QED) is 0.649. The molecule has 2 bridgehead atoms. The topological polar surface area (TPSA) is 96.2 Å². The smallest absolute Gasteiger partial charge is 0.323 e. The second kappa shape index (κ2) is 8.22. The fourth-order valence-electron chi connectivity index (χ4n) is 4.83. The van der Waals surface area contributed by atoms with E-state index in [0.29, 0.717) is 29.7 Å². The van der Waals surface area contributed by atoms with Crippen molar-refractivity contribution in [2.75, 3.05) is 18.5 Å². The van der Waals surface area contributed by atoms with E-state index < -0.39 is 0 Å². The van der Waals surface area contributed by atoms with E-state index in [1.165, 1.54) is 0 Å². The number of nitrogens with zero attached hydrogens (tertiary/aromatic N) is 4. The van der Waals surface area contributed by atoms with Crippen molar-refractivity contribution in [2.45, 2.75) is 50.7 Å². The van der Waals surface area contributed by atoms with Gasteiger partial charge in [0.1, 0.15) is 18.2 Å². The molecule has 3 aromatic heterocycles. The number of alkyl halides is 1. The third-order valence-electron chi connectivity index (χ3n) is 6.21. The molecule has 9 heteroatoms. The number of piperidine rings is 1. The Hall–Kier alpha value is -3.07. The van der Waals surface area contributed by atoms with Crippen molar-refractivity contribution in [1.29, 1.82) is 0 Å². The molecule has 8 nitrogen and oxygen atoms in total. The standard InChI is InChI=1S/C22H25FN6O2/c1-13-25-12-20(31-13)19-6-14-7-21(27-11-15(14)10-26-19)28-22(30)29-17-2-3-18(29)9-16(8-17)24-5-4-23/h6-7,10-12,16-18,24H,2-5,8-9H2,1H3,(H,27,28,30)/t16-,17-,18+. The van der Waals surface area contributed by atoms with E-state index in [0.717, 1.165) is 36.5 Å². The molecule has 31 heavy (non-hydrogen) atoms.